The topological polar surface area (TPSA) is 41.1 Å². The third-order valence-electron chi connectivity index (χ3n) is 4.27. The molecule has 1 aromatic carbocycles. The Bertz CT molecular complexity index is 450. The van der Waals surface area contributed by atoms with E-state index >= 15 is 0 Å². The predicted octanol–water partition coefficient (Wildman–Crippen LogP) is 2.35. The van der Waals surface area contributed by atoms with Crippen LogP contribution in [0.1, 0.15) is 36.0 Å². The second-order valence-corrected chi connectivity index (χ2v) is 5.93. The van der Waals surface area contributed by atoms with Crippen LogP contribution >= 0.6 is 0 Å². The molecule has 3 nitrogen and oxygen atoms in total. The zero-order valence-corrected chi connectivity index (χ0v) is 12.7. The molecular weight excluding hydrogens is 248 g/mol. The lowest BCUT2D eigenvalue weighted by Gasteiger charge is -2.22. The van der Waals surface area contributed by atoms with Gasteiger partial charge in [0.2, 0.25) is 5.91 Å². The predicted molar refractivity (Wildman–Crippen MR) is 82.8 cm³/mol. The molecule has 1 aliphatic rings. The van der Waals surface area contributed by atoms with E-state index in [2.05, 4.69) is 42.7 Å². The minimum Gasteiger partial charge on any atom is -0.356 e. The molecule has 0 atom stereocenters. The fourth-order valence-corrected chi connectivity index (χ4v) is 2.75. The third-order valence-corrected chi connectivity index (χ3v) is 4.27. The molecule has 0 spiro atoms. The highest BCUT2D eigenvalue weighted by Gasteiger charge is 2.13. The van der Waals surface area contributed by atoms with Gasteiger partial charge in [-0.15, -0.1) is 0 Å². The molecule has 0 radical (unpaired) electrons. The molecule has 1 fully saturated rings. The second kappa shape index (κ2) is 7.44. The van der Waals surface area contributed by atoms with Crippen molar-refractivity contribution in [3.05, 3.63) is 34.9 Å². The molecule has 1 aliphatic heterocycles. The average molecular weight is 274 g/mol. The van der Waals surface area contributed by atoms with Crippen molar-refractivity contribution in [1.82, 2.24) is 10.6 Å². The second-order valence-electron chi connectivity index (χ2n) is 5.93. The SMILES string of the molecule is Cc1ccc(CC(=O)NCCC2CCNCC2)cc1C. The van der Waals surface area contributed by atoms with E-state index in [1.54, 1.807) is 0 Å². The van der Waals surface area contributed by atoms with Gasteiger partial charge in [0.1, 0.15) is 0 Å². The van der Waals surface area contributed by atoms with Gasteiger partial charge in [-0.2, -0.15) is 0 Å². The van der Waals surface area contributed by atoms with Gasteiger partial charge in [-0.05, 0) is 68.8 Å². The molecule has 1 heterocycles. The Balaban J connectivity index is 1.70. The molecule has 0 aliphatic carbocycles. The number of amides is 1. The van der Waals surface area contributed by atoms with Crippen molar-refractivity contribution >= 4 is 5.91 Å². The summed E-state index contributed by atoms with van der Waals surface area (Å²) in [5.41, 5.74) is 3.64. The Morgan fingerprint density at radius 3 is 2.70 bits per heavy atom. The summed E-state index contributed by atoms with van der Waals surface area (Å²) in [6, 6.07) is 6.25. The average Bonchev–Trinajstić information content (AvgIpc) is 2.44. The number of hydrogen-bond acceptors (Lipinski definition) is 2. The Morgan fingerprint density at radius 2 is 2.00 bits per heavy atom. The number of hydrogen-bond donors (Lipinski definition) is 2. The Kier molecular flexibility index (Phi) is 5.60. The maximum Gasteiger partial charge on any atom is 0.224 e. The van der Waals surface area contributed by atoms with Crippen molar-refractivity contribution in [3.8, 4) is 0 Å². The minimum absolute atomic E-state index is 0.141. The van der Waals surface area contributed by atoms with Gasteiger partial charge in [0, 0.05) is 6.54 Å². The number of rotatable bonds is 5. The van der Waals surface area contributed by atoms with Gasteiger partial charge in [0.25, 0.3) is 0 Å². The summed E-state index contributed by atoms with van der Waals surface area (Å²) in [6.07, 6.45) is 4.09. The van der Waals surface area contributed by atoms with Crippen LogP contribution in [0.2, 0.25) is 0 Å². The van der Waals surface area contributed by atoms with Crippen molar-refractivity contribution < 1.29 is 4.79 Å². The summed E-state index contributed by atoms with van der Waals surface area (Å²) in [4.78, 5) is 11.9. The Hall–Kier alpha value is -1.35. The smallest absolute Gasteiger partial charge is 0.224 e. The van der Waals surface area contributed by atoms with Crippen molar-refractivity contribution in [2.75, 3.05) is 19.6 Å². The quantitative estimate of drug-likeness (QED) is 0.865. The monoisotopic (exact) mass is 274 g/mol. The first-order valence-electron chi connectivity index (χ1n) is 7.68. The van der Waals surface area contributed by atoms with Gasteiger partial charge in [0.05, 0.1) is 6.42 Å². The number of carbonyl (C=O) groups excluding carboxylic acids is 1. The number of piperidine rings is 1. The molecular formula is C17H26N2O. The van der Waals surface area contributed by atoms with E-state index < -0.39 is 0 Å². The van der Waals surface area contributed by atoms with Gasteiger partial charge in [-0.1, -0.05) is 18.2 Å². The number of nitrogens with one attached hydrogen (secondary N) is 2. The van der Waals surface area contributed by atoms with Crippen LogP contribution < -0.4 is 10.6 Å². The molecule has 110 valence electrons. The maximum atomic E-state index is 11.9. The maximum absolute atomic E-state index is 11.9. The van der Waals surface area contributed by atoms with E-state index in [0.717, 1.165) is 37.5 Å². The summed E-state index contributed by atoms with van der Waals surface area (Å²) in [6.45, 7) is 7.25. The number of aryl methyl sites for hydroxylation is 2. The minimum atomic E-state index is 0.141. The molecule has 0 aromatic heterocycles. The first-order valence-corrected chi connectivity index (χ1v) is 7.68. The van der Waals surface area contributed by atoms with Gasteiger partial charge in [-0.3, -0.25) is 4.79 Å². The summed E-state index contributed by atoms with van der Waals surface area (Å²) >= 11 is 0. The molecule has 1 saturated heterocycles. The molecule has 20 heavy (non-hydrogen) atoms. The molecule has 1 amide bonds. The fraction of sp³-hybridized carbons (Fsp3) is 0.588. The Morgan fingerprint density at radius 1 is 1.25 bits per heavy atom. The third kappa shape index (κ3) is 4.64. The normalized spacial score (nSPS) is 16.1. The Labute approximate surface area is 122 Å². The van der Waals surface area contributed by atoms with Crippen LogP contribution in [0.5, 0.6) is 0 Å². The summed E-state index contributed by atoms with van der Waals surface area (Å²) < 4.78 is 0. The lowest BCUT2D eigenvalue weighted by Crippen LogP contribution is -2.31. The van der Waals surface area contributed by atoms with Gasteiger partial charge in [0.15, 0.2) is 0 Å². The largest absolute Gasteiger partial charge is 0.356 e. The lowest BCUT2D eigenvalue weighted by atomic mass is 9.95. The molecule has 0 bridgehead atoms. The molecule has 2 N–H and O–H groups in total. The zero-order valence-electron chi connectivity index (χ0n) is 12.7. The molecule has 2 rings (SSSR count). The molecule has 1 aromatic rings. The standard InChI is InChI=1S/C17H26N2O/c1-13-3-4-16(11-14(13)2)12-17(20)19-10-7-15-5-8-18-9-6-15/h3-4,11,15,18H,5-10,12H2,1-2H3,(H,19,20). The van der Waals surface area contributed by atoms with E-state index in [1.165, 1.54) is 24.0 Å². The highest BCUT2D eigenvalue weighted by atomic mass is 16.1. The number of benzene rings is 1. The molecule has 0 unspecified atom stereocenters. The van der Waals surface area contributed by atoms with Crippen molar-refractivity contribution in [2.45, 2.75) is 39.5 Å². The first-order chi connectivity index (χ1) is 9.65. The summed E-state index contributed by atoms with van der Waals surface area (Å²) in [5, 5.41) is 6.42. The highest BCUT2D eigenvalue weighted by Crippen LogP contribution is 2.15. The summed E-state index contributed by atoms with van der Waals surface area (Å²) in [5.74, 6) is 0.917. The van der Waals surface area contributed by atoms with Crippen LogP contribution in [-0.2, 0) is 11.2 Å². The van der Waals surface area contributed by atoms with Crippen LogP contribution in [0, 0.1) is 19.8 Å². The van der Waals surface area contributed by atoms with E-state index in [-0.39, 0.29) is 5.91 Å². The first kappa shape index (κ1) is 15.0. The van der Waals surface area contributed by atoms with Gasteiger partial charge < -0.3 is 10.6 Å². The van der Waals surface area contributed by atoms with E-state index in [4.69, 9.17) is 0 Å². The van der Waals surface area contributed by atoms with Gasteiger partial charge >= 0.3 is 0 Å². The zero-order chi connectivity index (χ0) is 14.4. The van der Waals surface area contributed by atoms with Crippen LogP contribution in [0.15, 0.2) is 18.2 Å². The van der Waals surface area contributed by atoms with Crippen LogP contribution in [0.25, 0.3) is 0 Å². The molecule has 0 saturated carbocycles. The van der Waals surface area contributed by atoms with Crippen molar-refractivity contribution in [1.29, 1.82) is 0 Å². The summed E-state index contributed by atoms with van der Waals surface area (Å²) in [7, 11) is 0. The van der Waals surface area contributed by atoms with E-state index in [0.29, 0.717) is 6.42 Å². The molecule has 3 heteroatoms. The van der Waals surface area contributed by atoms with E-state index in [1.807, 2.05) is 0 Å². The number of carbonyl (C=O) groups is 1. The van der Waals surface area contributed by atoms with Crippen LogP contribution in [0.3, 0.4) is 0 Å². The highest BCUT2D eigenvalue weighted by molar-refractivity contribution is 5.78. The van der Waals surface area contributed by atoms with Gasteiger partial charge in [-0.25, -0.2) is 0 Å². The lowest BCUT2D eigenvalue weighted by molar-refractivity contribution is -0.120. The van der Waals surface area contributed by atoms with Crippen LogP contribution in [0.4, 0.5) is 0 Å². The van der Waals surface area contributed by atoms with Crippen LogP contribution in [-0.4, -0.2) is 25.5 Å². The van der Waals surface area contributed by atoms with Crippen molar-refractivity contribution in [2.24, 2.45) is 5.92 Å². The van der Waals surface area contributed by atoms with Crippen molar-refractivity contribution in [3.63, 3.8) is 0 Å². The fourth-order valence-electron chi connectivity index (χ4n) is 2.75. The van der Waals surface area contributed by atoms with E-state index in [9.17, 15) is 4.79 Å².